The van der Waals surface area contributed by atoms with Crippen LogP contribution in [0, 0.1) is 0 Å². The Morgan fingerprint density at radius 3 is 0.938 bits per heavy atom. The van der Waals surface area contributed by atoms with E-state index in [1.807, 2.05) is 0 Å². The van der Waals surface area contributed by atoms with Gasteiger partial charge in [0, 0.05) is 10.0 Å². The average Bonchev–Trinajstić information content (AvgIpc) is 2.67. The Labute approximate surface area is 185 Å². The molecular weight excluding hydrogens is 543 g/mol. The molecule has 0 saturated carbocycles. The fraction of sp³-hybridized carbons (Fsp3) is 0.250. The summed E-state index contributed by atoms with van der Waals surface area (Å²) in [5.41, 5.74) is 0. The zero-order valence-corrected chi connectivity index (χ0v) is 18.0. The van der Waals surface area contributed by atoms with E-state index >= 15 is 0 Å². The Kier molecular flexibility index (Phi) is 6.65. The zero-order valence-electron chi connectivity index (χ0n) is 14.8. The van der Waals surface area contributed by atoms with E-state index in [9.17, 15) is 52.0 Å². The first-order valence-electron chi connectivity index (χ1n) is 7.77. The normalized spacial score (nSPS) is 14.4. The second-order valence-electron chi connectivity index (χ2n) is 6.10. The fourth-order valence-electron chi connectivity index (χ4n) is 2.23. The highest BCUT2D eigenvalue weighted by molar-refractivity contribution is 7.93. The molecule has 2 rings (SSSR count). The Balaban J connectivity index is 2.66. The third-order valence-corrected chi connectivity index (χ3v) is 8.20. The quantitative estimate of drug-likeness (QED) is 0.415. The van der Waals surface area contributed by atoms with Crippen molar-refractivity contribution in [1.29, 1.82) is 0 Å². The van der Waals surface area contributed by atoms with Crippen LogP contribution in [0.2, 0.25) is 10.0 Å². The van der Waals surface area contributed by atoms with Gasteiger partial charge >= 0.3 is 22.4 Å². The molecule has 2 aromatic carbocycles. The number of sulfone groups is 2. The second-order valence-corrected chi connectivity index (χ2v) is 11.0. The molecule has 0 fully saturated rings. The van der Waals surface area contributed by atoms with Gasteiger partial charge in [-0.3, -0.25) is 0 Å². The van der Waals surface area contributed by atoms with Crippen LogP contribution in [0.5, 0.6) is 0 Å². The van der Waals surface area contributed by atoms with Gasteiger partial charge in [-0.15, -0.1) is 0 Å². The number of alkyl halides is 8. The van der Waals surface area contributed by atoms with Gasteiger partial charge in [0.2, 0.25) is 19.7 Å². The Hall–Kier alpha value is -1.64. The first-order chi connectivity index (χ1) is 14.2. The van der Waals surface area contributed by atoms with E-state index in [0.717, 1.165) is 0 Å². The summed E-state index contributed by atoms with van der Waals surface area (Å²) in [5.74, 6) is -14.8. The number of halogens is 10. The van der Waals surface area contributed by atoms with Crippen LogP contribution in [0.15, 0.2) is 58.3 Å². The molecule has 0 radical (unpaired) electrons. The molecule has 0 aliphatic rings. The van der Waals surface area contributed by atoms with E-state index < -0.39 is 51.8 Å². The lowest BCUT2D eigenvalue weighted by Crippen LogP contribution is -2.66. The van der Waals surface area contributed by atoms with Crippen LogP contribution in [-0.4, -0.2) is 39.2 Å². The molecule has 0 amide bonds. The van der Waals surface area contributed by atoms with Gasteiger partial charge in [-0.25, -0.2) is 16.8 Å². The third kappa shape index (κ3) is 3.74. The lowest BCUT2D eigenvalue weighted by atomic mass is 10.2. The molecule has 0 saturated heterocycles. The van der Waals surface area contributed by atoms with E-state index in [1.165, 1.54) is 0 Å². The second kappa shape index (κ2) is 7.99. The predicted molar refractivity (Wildman–Crippen MR) is 97.1 cm³/mol. The maximum Gasteiger partial charge on any atom is 0.418 e. The van der Waals surface area contributed by atoms with E-state index in [1.54, 1.807) is 0 Å². The van der Waals surface area contributed by atoms with Gasteiger partial charge < -0.3 is 0 Å². The molecule has 0 unspecified atom stereocenters. The number of hydrogen-bond acceptors (Lipinski definition) is 4. The van der Waals surface area contributed by atoms with Crippen molar-refractivity contribution < 1.29 is 52.0 Å². The van der Waals surface area contributed by atoms with Crippen molar-refractivity contribution in [1.82, 2.24) is 0 Å². The summed E-state index contributed by atoms with van der Waals surface area (Å²) in [6.07, 6.45) is 0. The highest BCUT2D eigenvalue weighted by Crippen LogP contribution is 2.57. The van der Waals surface area contributed by atoms with Gasteiger partial charge in [-0.1, -0.05) is 23.2 Å². The van der Waals surface area contributed by atoms with Crippen LogP contribution >= 0.6 is 23.2 Å². The zero-order chi connectivity index (χ0) is 25.0. The Morgan fingerprint density at radius 2 is 0.719 bits per heavy atom. The van der Waals surface area contributed by atoms with Crippen molar-refractivity contribution in [3.05, 3.63) is 58.6 Å². The topological polar surface area (TPSA) is 68.3 Å². The summed E-state index contributed by atoms with van der Waals surface area (Å²) in [4.78, 5) is -3.32. The molecule has 0 heterocycles. The van der Waals surface area contributed by atoms with Crippen LogP contribution in [0.1, 0.15) is 0 Å². The standard InChI is InChI=1S/C16H8Cl2F8O4S2/c17-9-1-5-11(6-2-9)31(27,28)15(23,24)13(19,20)14(21,22)16(25,26)32(29,30)12-7-3-10(18)4-8-12/h1-8H. The van der Waals surface area contributed by atoms with Crippen LogP contribution < -0.4 is 0 Å². The molecule has 0 bridgehead atoms. The van der Waals surface area contributed by atoms with Crippen LogP contribution in [-0.2, 0) is 19.7 Å². The minimum atomic E-state index is -7.40. The molecule has 0 aliphatic heterocycles. The smallest absolute Gasteiger partial charge is 0.217 e. The van der Waals surface area contributed by atoms with Crippen LogP contribution in [0.4, 0.5) is 35.1 Å². The van der Waals surface area contributed by atoms with Crippen molar-refractivity contribution in [3.63, 3.8) is 0 Å². The highest BCUT2D eigenvalue weighted by atomic mass is 35.5. The lowest BCUT2D eigenvalue weighted by molar-refractivity contribution is -0.325. The van der Waals surface area contributed by atoms with Gasteiger partial charge in [0.1, 0.15) is 0 Å². The average molecular weight is 551 g/mol. The van der Waals surface area contributed by atoms with Gasteiger partial charge in [0.15, 0.2) is 0 Å². The predicted octanol–water partition coefficient (Wildman–Crippen LogP) is 5.70. The molecule has 0 aromatic heterocycles. The molecule has 0 atom stereocenters. The molecule has 0 spiro atoms. The maximum atomic E-state index is 14.2. The number of benzene rings is 2. The van der Waals surface area contributed by atoms with Crippen LogP contribution in [0.25, 0.3) is 0 Å². The number of rotatable bonds is 7. The molecule has 32 heavy (non-hydrogen) atoms. The molecule has 16 heteroatoms. The largest absolute Gasteiger partial charge is 0.418 e. The maximum absolute atomic E-state index is 14.2. The van der Waals surface area contributed by atoms with Gasteiger partial charge in [0.05, 0.1) is 9.79 Å². The summed E-state index contributed by atoms with van der Waals surface area (Å²) in [7, 11) is -13.5. The molecular formula is C16H8Cl2F8O4S2. The number of hydrogen-bond donors (Lipinski definition) is 0. The van der Waals surface area contributed by atoms with Crippen molar-refractivity contribution in [2.75, 3.05) is 0 Å². The van der Waals surface area contributed by atoms with E-state index in [-0.39, 0.29) is 34.3 Å². The summed E-state index contributed by atoms with van der Waals surface area (Å²) in [6.45, 7) is 0. The lowest BCUT2D eigenvalue weighted by Gasteiger charge is -2.35. The summed E-state index contributed by atoms with van der Waals surface area (Å²) < 4.78 is 161. The molecule has 178 valence electrons. The van der Waals surface area contributed by atoms with E-state index in [0.29, 0.717) is 24.3 Å². The fourth-order valence-corrected chi connectivity index (χ4v) is 4.99. The van der Waals surface area contributed by atoms with Gasteiger partial charge in [-0.2, -0.15) is 35.1 Å². The molecule has 0 aliphatic carbocycles. The van der Waals surface area contributed by atoms with Crippen molar-refractivity contribution >= 4 is 42.9 Å². The SMILES string of the molecule is O=S(=O)(c1ccc(Cl)cc1)C(F)(F)C(F)(F)C(F)(F)C(F)(F)S(=O)(=O)c1ccc(Cl)cc1. The summed E-state index contributed by atoms with van der Waals surface area (Å²) in [5, 5.41) is -14.3. The monoisotopic (exact) mass is 550 g/mol. The molecule has 0 N–H and O–H groups in total. The highest BCUT2D eigenvalue weighted by Gasteiger charge is 2.87. The van der Waals surface area contributed by atoms with Crippen molar-refractivity contribution in [3.8, 4) is 0 Å². The molecule has 2 aromatic rings. The Bertz CT molecular complexity index is 1120. The van der Waals surface area contributed by atoms with Gasteiger partial charge in [-0.05, 0) is 48.5 Å². The van der Waals surface area contributed by atoms with Gasteiger partial charge in [0.25, 0.3) is 0 Å². The van der Waals surface area contributed by atoms with E-state index in [2.05, 4.69) is 0 Å². The summed E-state index contributed by atoms with van der Waals surface area (Å²) in [6, 6.07) is 3.46. The molecule has 4 nitrogen and oxygen atoms in total. The van der Waals surface area contributed by atoms with Crippen LogP contribution in [0.3, 0.4) is 0 Å². The minimum absolute atomic E-state index is 0.238. The van der Waals surface area contributed by atoms with E-state index in [4.69, 9.17) is 23.2 Å². The summed E-state index contributed by atoms with van der Waals surface area (Å²) >= 11 is 10.8. The van der Waals surface area contributed by atoms with Crippen molar-refractivity contribution in [2.45, 2.75) is 32.1 Å². The Morgan fingerprint density at radius 1 is 0.500 bits per heavy atom. The minimum Gasteiger partial charge on any atom is -0.217 e. The first-order valence-corrected chi connectivity index (χ1v) is 11.5. The van der Waals surface area contributed by atoms with Crippen molar-refractivity contribution in [2.24, 2.45) is 0 Å². The first kappa shape index (κ1) is 26.6. The third-order valence-electron chi connectivity index (χ3n) is 4.05.